The molecule has 0 unspecified atom stereocenters. The fraction of sp³-hybridized carbons (Fsp3) is 0.476. The molecule has 0 spiro atoms. The minimum absolute atomic E-state index is 0.343. The Bertz CT molecular complexity index is 731. The number of nitrogens with zero attached hydrogens (tertiary/aromatic N) is 2. The van der Waals surface area contributed by atoms with E-state index in [2.05, 4.69) is 6.07 Å². The second kappa shape index (κ2) is 9.61. The Morgan fingerprint density at radius 1 is 1.26 bits per heavy atom. The molecule has 1 amide bonds. The Balaban J connectivity index is 1.95. The van der Waals surface area contributed by atoms with Crippen LogP contribution in [0.1, 0.15) is 44.6 Å². The van der Waals surface area contributed by atoms with Gasteiger partial charge in [0, 0.05) is 18.0 Å². The van der Waals surface area contributed by atoms with Gasteiger partial charge in [-0.3, -0.25) is 4.79 Å². The number of amides is 1. The van der Waals surface area contributed by atoms with Crippen molar-refractivity contribution in [3.8, 4) is 6.07 Å². The van der Waals surface area contributed by atoms with Crippen LogP contribution in [0.2, 0.25) is 0 Å². The molecule has 1 fully saturated rings. The van der Waals surface area contributed by atoms with Crippen LogP contribution in [-0.4, -0.2) is 41.7 Å². The summed E-state index contributed by atoms with van der Waals surface area (Å²) in [6.07, 6.45) is 8.31. The Labute approximate surface area is 165 Å². The third-order valence-electron chi connectivity index (χ3n) is 5.03. The van der Waals surface area contributed by atoms with Gasteiger partial charge in [-0.05, 0) is 49.8 Å². The van der Waals surface area contributed by atoms with Gasteiger partial charge < -0.3 is 9.64 Å². The molecule has 0 aliphatic heterocycles. The number of hydrogen-bond acceptors (Lipinski definition) is 5. The zero-order valence-electron chi connectivity index (χ0n) is 16.1. The van der Waals surface area contributed by atoms with Gasteiger partial charge in [-0.1, -0.05) is 31.4 Å². The number of carbonyl (C=O) groups excluding carboxylic acids is 2. The van der Waals surface area contributed by atoms with E-state index in [4.69, 9.17) is 4.74 Å². The zero-order chi connectivity index (χ0) is 19.9. The van der Waals surface area contributed by atoms with Gasteiger partial charge in [0.05, 0.1) is 6.07 Å². The molecular weight excluding hydrogens is 360 g/mol. The molecule has 2 rings (SSSR count). The van der Waals surface area contributed by atoms with E-state index in [1.54, 1.807) is 31.8 Å². The minimum atomic E-state index is -0.932. The molecule has 0 N–H and O–H groups in total. The van der Waals surface area contributed by atoms with Crippen LogP contribution < -0.4 is 0 Å². The van der Waals surface area contributed by atoms with Crippen LogP contribution in [0.4, 0.5) is 0 Å². The average Bonchev–Trinajstić information content (AvgIpc) is 2.71. The summed E-state index contributed by atoms with van der Waals surface area (Å²) in [5.41, 5.74) is 0.0942. The van der Waals surface area contributed by atoms with E-state index in [1.165, 1.54) is 11.0 Å². The average molecular weight is 387 g/mol. The van der Waals surface area contributed by atoms with Crippen molar-refractivity contribution in [2.24, 2.45) is 0 Å². The van der Waals surface area contributed by atoms with Gasteiger partial charge in [0.15, 0.2) is 6.10 Å². The Hall–Kier alpha value is -2.26. The number of ether oxygens (including phenoxy) is 1. The van der Waals surface area contributed by atoms with E-state index in [9.17, 15) is 14.9 Å². The molecular formula is C21H26N2O3S. The number of likely N-dealkylation sites (N-methyl/N-ethyl adjacent to an activating group) is 1. The summed E-state index contributed by atoms with van der Waals surface area (Å²) in [4.78, 5) is 27.3. The predicted molar refractivity (Wildman–Crippen MR) is 107 cm³/mol. The number of carbonyl (C=O) groups is 2. The van der Waals surface area contributed by atoms with Crippen LogP contribution in [0.25, 0.3) is 6.08 Å². The summed E-state index contributed by atoms with van der Waals surface area (Å²) in [7, 11) is 1.63. The number of rotatable bonds is 6. The molecule has 1 atom stereocenters. The summed E-state index contributed by atoms with van der Waals surface area (Å²) >= 11 is 1.65. The van der Waals surface area contributed by atoms with Gasteiger partial charge >= 0.3 is 5.97 Å². The zero-order valence-corrected chi connectivity index (χ0v) is 16.9. The van der Waals surface area contributed by atoms with Crippen molar-refractivity contribution in [2.75, 3.05) is 13.3 Å². The number of benzene rings is 1. The van der Waals surface area contributed by atoms with Crippen molar-refractivity contribution in [1.29, 1.82) is 5.26 Å². The molecule has 6 heteroatoms. The van der Waals surface area contributed by atoms with Crippen molar-refractivity contribution in [2.45, 2.75) is 55.6 Å². The lowest BCUT2D eigenvalue weighted by atomic mass is 9.81. The number of nitriles is 1. The first kappa shape index (κ1) is 21.0. The molecule has 1 aromatic carbocycles. The Kier molecular flexibility index (Phi) is 7.49. The van der Waals surface area contributed by atoms with Crippen LogP contribution in [0.5, 0.6) is 0 Å². The maximum absolute atomic E-state index is 12.7. The molecule has 1 aromatic rings. The van der Waals surface area contributed by atoms with Gasteiger partial charge in [-0.15, -0.1) is 11.8 Å². The molecule has 144 valence electrons. The van der Waals surface area contributed by atoms with E-state index in [0.29, 0.717) is 12.8 Å². The minimum Gasteiger partial charge on any atom is -0.449 e. The van der Waals surface area contributed by atoms with Crippen LogP contribution in [0.15, 0.2) is 35.2 Å². The molecule has 0 aromatic heterocycles. The molecule has 1 aliphatic rings. The summed E-state index contributed by atoms with van der Waals surface area (Å²) in [6.45, 7) is 1.55. The Morgan fingerprint density at radius 3 is 2.44 bits per heavy atom. The first-order valence-electron chi connectivity index (χ1n) is 9.13. The third kappa shape index (κ3) is 5.36. The fourth-order valence-corrected chi connectivity index (χ4v) is 3.69. The second-order valence-electron chi connectivity index (χ2n) is 6.79. The van der Waals surface area contributed by atoms with Crippen molar-refractivity contribution in [3.05, 3.63) is 35.9 Å². The van der Waals surface area contributed by atoms with Gasteiger partial charge in [-0.2, -0.15) is 5.26 Å². The molecule has 1 aliphatic carbocycles. The molecule has 27 heavy (non-hydrogen) atoms. The standard InChI is InChI=1S/C21H26N2O3S/c1-16(20(25)23(2)21(15-22)13-5-4-6-14-21)26-19(24)12-9-17-7-10-18(27-3)11-8-17/h7-12,16H,4-6,13-14H2,1-3H3/b12-9+/t16-/m1/s1. The normalized spacial score (nSPS) is 17.1. The molecule has 0 bridgehead atoms. The Morgan fingerprint density at radius 2 is 1.89 bits per heavy atom. The predicted octanol–water partition coefficient (Wildman–Crippen LogP) is 4.04. The van der Waals surface area contributed by atoms with E-state index < -0.39 is 17.6 Å². The smallest absolute Gasteiger partial charge is 0.331 e. The lowest BCUT2D eigenvalue weighted by molar-refractivity contribution is -0.157. The lowest BCUT2D eigenvalue weighted by Gasteiger charge is -2.39. The summed E-state index contributed by atoms with van der Waals surface area (Å²) < 4.78 is 5.25. The van der Waals surface area contributed by atoms with Gasteiger partial charge in [0.25, 0.3) is 5.91 Å². The van der Waals surface area contributed by atoms with E-state index >= 15 is 0 Å². The maximum atomic E-state index is 12.7. The summed E-state index contributed by atoms with van der Waals surface area (Å²) in [5, 5.41) is 9.61. The maximum Gasteiger partial charge on any atom is 0.331 e. The summed E-state index contributed by atoms with van der Waals surface area (Å²) in [6, 6.07) is 10.1. The largest absolute Gasteiger partial charge is 0.449 e. The monoisotopic (exact) mass is 386 g/mol. The highest BCUT2D eigenvalue weighted by Crippen LogP contribution is 2.32. The van der Waals surface area contributed by atoms with Crippen LogP contribution in [-0.2, 0) is 14.3 Å². The van der Waals surface area contributed by atoms with Crippen LogP contribution >= 0.6 is 11.8 Å². The number of esters is 1. The lowest BCUT2D eigenvalue weighted by Crippen LogP contribution is -2.53. The number of thioether (sulfide) groups is 1. The summed E-state index contributed by atoms with van der Waals surface area (Å²) in [5.74, 6) is -0.919. The van der Waals surface area contributed by atoms with Crippen molar-refractivity contribution < 1.29 is 14.3 Å². The third-order valence-corrected chi connectivity index (χ3v) is 5.77. The van der Waals surface area contributed by atoms with Crippen LogP contribution in [0.3, 0.4) is 0 Å². The van der Waals surface area contributed by atoms with Crippen molar-refractivity contribution in [1.82, 2.24) is 4.90 Å². The topological polar surface area (TPSA) is 70.4 Å². The fourth-order valence-electron chi connectivity index (χ4n) is 3.29. The molecule has 0 radical (unpaired) electrons. The van der Waals surface area contributed by atoms with Gasteiger partial charge in [0.1, 0.15) is 5.54 Å². The highest BCUT2D eigenvalue weighted by atomic mass is 32.2. The highest BCUT2D eigenvalue weighted by Gasteiger charge is 2.40. The molecule has 0 saturated heterocycles. The van der Waals surface area contributed by atoms with E-state index in [1.807, 2.05) is 30.5 Å². The molecule has 0 heterocycles. The first-order valence-corrected chi connectivity index (χ1v) is 10.4. The van der Waals surface area contributed by atoms with Gasteiger partial charge in [-0.25, -0.2) is 4.79 Å². The molecule has 1 saturated carbocycles. The second-order valence-corrected chi connectivity index (χ2v) is 7.67. The van der Waals surface area contributed by atoms with E-state index in [-0.39, 0.29) is 5.91 Å². The molecule has 5 nitrogen and oxygen atoms in total. The van der Waals surface area contributed by atoms with E-state index in [0.717, 1.165) is 29.7 Å². The SMILES string of the molecule is CSc1ccc(/C=C/C(=O)O[C@H](C)C(=O)N(C)C2(C#N)CCCCC2)cc1. The van der Waals surface area contributed by atoms with Crippen molar-refractivity contribution in [3.63, 3.8) is 0 Å². The van der Waals surface area contributed by atoms with Crippen LogP contribution in [0, 0.1) is 11.3 Å². The quantitative estimate of drug-likeness (QED) is 0.419. The first-order chi connectivity index (χ1) is 12.9. The van der Waals surface area contributed by atoms with Gasteiger partial charge in [0.2, 0.25) is 0 Å². The van der Waals surface area contributed by atoms with Crippen molar-refractivity contribution >= 4 is 29.7 Å². The highest BCUT2D eigenvalue weighted by molar-refractivity contribution is 7.98. The number of hydrogen-bond donors (Lipinski definition) is 0.